The second-order valence-electron chi connectivity index (χ2n) is 4.84. The lowest BCUT2D eigenvalue weighted by atomic mass is 10.1. The third-order valence-electron chi connectivity index (χ3n) is 3.24. The van der Waals surface area contributed by atoms with Crippen molar-refractivity contribution in [2.75, 3.05) is 11.9 Å². The molecule has 1 heterocycles. The molecule has 0 atom stereocenters. The molecule has 0 amide bonds. The van der Waals surface area contributed by atoms with Gasteiger partial charge < -0.3 is 10.1 Å². The molecule has 0 aliphatic heterocycles. The zero-order valence-electron chi connectivity index (χ0n) is 12.7. The Labute approximate surface area is 124 Å². The number of esters is 1. The van der Waals surface area contributed by atoms with Crippen LogP contribution >= 0.6 is 0 Å². The highest BCUT2D eigenvalue weighted by molar-refractivity contribution is 5.90. The van der Waals surface area contributed by atoms with Crippen LogP contribution in [0.25, 0.3) is 0 Å². The maximum Gasteiger partial charge on any atom is 0.341 e. The third kappa shape index (κ3) is 3.56. The number of ether oxygens (including phenoxy) is 1. The van der Waals surface area contributed by atoms with E-state index in [0.717, 1.165) is 5.69 Å². The van der Waals surface area contributed by atoms with Gasteiger partial charge in [0.1, 0.15) is 0 Å². The van der Waals surface area contributed by atoms with E-state index >= 15 is 0 Å². The van der Waals surface area contributed by atoms with Gasteiger partial charge in [-0.25, -0.2) is 14.8 Å². The van der Waals surface area contributed by atoms with Gasteiger partial charge in [0.15, 0.2) is 0 Å². The third-order valence-corrected chi connectivity index (χ3v) is 3.24. The molecule has 0 spiro atoms. The molecule has 0 aliphatic carbocycles. The molecular weight excluding hydrogens is 266 g/mol. The molecule has 0 radical (unpaired) electrons. The van der Waals surface area contributed by atoms with Crippen molar-refractivity contribution in [3.8, 4) is 0 Å². The molecule has 0 fully saturated rings. The fraction of sp³-hybridized carbons (Fsp3) is 0.312. The summed E-state index contributed by atoms with van der Waals surface area (Å²) < 4.78 is 4.96. The number of nitrogens with one attached hydrogen (secondary N) is 1. The van der Waals surface area contributed by atoms with Crippen LogP contribution in [-0.4, -0.2) is 22.5 Å². The average Bonchev–Trinajstić information content (AvgIpc) is 2.43. The number of rotatable bonds is 4. The van der Waals surface area contributed by atoms with Crippen molar-refractivity contribution in [3.63, 3.8) is 0 Å². The first-order valence-corrected chi connectivity index (χ1v) is 6.86. The largest absolute Gasteiger partial charge is 0.462 e. The van der Waals surface area contributed by atoms with E-state index in [4.69, 9.17) is 4.74 Å². The molecule has 5 heteroatoms. The highest BCUT2D eigenvalue weighted by Crippen LogP contribution is 2.18. The van der Waals surface area contributed by atoms with E-state index in [2.05, 4.69) is 29.1 Å². The van der Waals surface area contributed by atoms with Crippen LogP contribution in [0.3, 0.4) is 0 Å². The number of hydrogen-bond donors (Lipinski definition) is 1. The summed E-state index contributed by atoms with van der Waals surface area (Å²) in [4.78, 5) is 20.2. The van der Waals surface area contributed by atoms with Crippen molar-refractivity contribution in [1.82, 2.24) is 9.97 Å². The fourth-order valence-electron chi connectivity index (χ4n) is 1.88. The van der Waals surface area contributed by atoms with E-state index in [1.54, 1.807) is 13.8 Å². The van der Waals surface area contributed by atoms with E-state index in [0.29, 0.717) is 23.8 Å². The monoisotopic (exact) mass is 285 g/mol. The zero-order valence-corrected chi connectivity index (χ0v) is 12.7. The van der Waals surface area contributed by atoms with Gasteiger partial charge in [-0.15, -0.1) is 0 Å². The van der Waals surface area contributed by atoms with E-state index < -0.39 is 5.97 Å². The lowest BCUT2D eigenvalue weighted by molar-refractivity contribution is 0.0524. The zero-order chi connectivity index (χ0) is 15.4. The van der Waals surface area contributed by atoms with Crippen LogP contribution in [0.5, 0.6) is 0 Å². The van der Waals surface area contributed by atoms with Gasteiger partial charge in [0.05, 0.1) is 17.9 Å². The van der Waals surface area contributed by atoms with Gasteiger partial charge in [0, 0.05) is 11.9 Å². The fourth-order valence-corrected chi connectivity index (χ4v) is 1.88. The lowest BCUT2D eigenvalue weighted by Gasteiger charge is -2.09. The summed E-state index contributed by atoms with van der Waals surface area (Å²) in [7, 11) is 0. The van der Waals surface area contributed by atoms with Crippen molar-refractivity contribution in [2.24, 2.45) is 0 Å². The lowest BCUT2D eigenvalue weighted by Crippen LogP contribution is -2.10. The van der Waals surface area contributed by atoms with Gasteiger partial charge in [-0.05, 0) is 51.0 Å². The number of nitrogens with zero attached hydrogens (tertiary/aromatic N) is 2. The number of aryl methyl sites for hydroxylation is 3. The Kier molecular flexibility index (Phi) is 4.52. The molecule has 0 aliphatic rings. The predicted molar refractivity (Wildman–Crippen MR) is 81.9 cm³/mol. The Morgan fingerprint density at radius 1 is 1.24 bits per heavy atom. The summed E-state index contributed by atoms with van der Waals surface area (Å²) in [5.41, 5.74) is 4.33. The second-order valence-corrected chi connectivity index (χ2v) is 4.84. The number of aromatic nitrogens is 2. The van der Waals surface area contributed by atoms with Crippen LogP contribution in [0, 0.1) is 20.8 Å². The quantitative estimate of drug-likeness (QED) is 0.873. The van der Waals surface area contributed by atoms with Gasteiger partial charge in [0.25, 0.3) is 0 Å². The Morgan fingerprint density at radius 3 is 2.62 bits per heavy atom. The predicted octanol–water partition coefficient (Wildman–Crippen LogP) is 3.32. The number of anilines is 2. The second kappa shape index (κ2) is 6.35. The van der Waals surface area contributed by atoms with Gasteiger partial charge in [-0.3, -0.25) is 0 Å². The van der Waals surface area contributed by atoms with Crippen LogP contribution in [-0.2, 0) is 4.74 Å². The molecule has 1 N–H and O–H groups in total. The molecule has 2 rings (SSSR count). The molecule has 2 aromatic rings. The SMILES string of the molecule is CCOC(=O)c1cnc(Nc2ccc(C)c(C)c2)nc1C. The Morgan fingerprint density at radius 2 is 2.00 bits per heavy atom. The van der Waals surface area contributed by atoms with E-state index in [1.165, 1.54) is 17.3 Å². The maximum atomic E-state index is 11.7. The van der Waals surface area contributed by atoms with Crippen molar-refractivity contribution >= 4 is 17.6 Å². The summed E-state index contributed by atoms with van der Waals surface area (Å²) >= 11 is 0. The minimum absolute atomic E-state index is 0.334. The minimum Gasteiger partial charge on any atom is -0.462 e. The molecule has 1 aromatic carbocycles. The normalized spacial score (nSPS) is 10.3. The number of carbonyl (C=O) groups is 1. The Bertz CT molecular complexity index is 669. The smallest absolute Gasteiger partial charge is 0.341 e. The molecule has 5 nitrogen and oxygen atoms in total. The van der Waals surface area contributed by atoms with E-state index in [9.17, 15) is 4.79 Å². The first-order valence-electron chi connectivity index (χ1n) is 6.86. The molecule has 0 bridgehead atoms. The molecule has 0 saturated carbocycles. The van der Waals surface area contributed by atoms with Gasteiger partial charge >= 0.3 is 5.97 Å². The topological polar surface area (TPSA) is 64.1 Å². The van der Waals surface area contributed by atoms with Crippen LogP contribution in [0.2, 0.25) is 0 Å². The molecule has 1 aromatic heterocycles. The van der Waals surface area contributed by atoms with Crippen LogP contribution in [0.4, 0.5) is 11.6 Å². The highest BCUT2D eigenvalue weighted by Gasteiger charge is 2.12. The minimum atomic E-state index is -0.396. The van der Waals surface area contributed by atoms with E-state index in [-0.39, 0.29) is 0 Å². The first kappa shape index (κ1) is 15.0. The maximum absolute atomic E-state index is 11.7. The summed E-state index contributed by atoms with van der Waals surface area (Å²) in [5.74, 6) is 0.0662. The highest BCUT2D eigenvalue weighted by atomic mass is 16.5. The Balaban J connectivity index is 2.20. The molecule has 0 saturated heterocycles. The summed E-state index contributed by atoms with van der Waals surface area (Å²) in [5, 5.41) is 3.14. The summed E-state index contributed by atoms with van der Waals surface area (Å²) in [6, 6.07) is 6.05. The number of hydrogen-bond acceptors (Lipinski definition) is 5. The first-order chi connectivity index (χ1) is 10.0. The van der Waals surface area contributed by atoms with Crippen LogP contribution in [0.15, 0.2) is 24.4 Å². The van der Waals surface area contributed by atoms with Gasteiger partial charge in [-0.2, -0.15) is 0 Å². The number of carbonyl (C=O) groups excluding carboxylic acids is 1. The molecular formula is C16H19N3O2. The molecule has 110 valence electrons. The van der Waals surface area contributed by atoms with Crippen LogP contribution < -0.4 is 5.32 Å². The van der Waals surface area contributed by atoms with Crippen LogP contribution in [0.1, 0.15) is 34.1 Å². The van der Waals surface area contributed by atoms with Crippen molar-refractivity contribution in [1.29, 1.82) is 0 Å². The number of benzene rings is 1. The average molecular weight is 285 g/mol. The van der Waals surface area contributed by atoms with Crippen molar-refractivity contribution < 1.29 is 9.53 Å². The summed E-state index contributed by atoms with van der Waals surface area (Å²) in [6.07, 6.45) is 1.49. The molecule has 0 unspecified atom stereocenters. The van der Waals surface area contributed by atoms with Gasteiger partial charge in [-0.1, -0.05) is 6.07 Å². The van der Waals surface area contributed by atoms with Crippen molar-refractivity contribution in [3.05, 3.63) is 46.8 Å². The van der Waals surface area contributed by atoms with Crippen molar-refractivity contribution in [2.45, 2.75) is 27.7 Å². The summed E-state index contributed by atoms with van der Waals surface area (Å²) in [6.45, 7) is 7.98. The standard InChI is InChI=1S/C16H19N3O2/c1-5-21-15(20)14-9-17-16(18-12(14)4)19-13-7-6-10(2)11(3)8-13/h6-9H,5H2,1-4H3,(H,17,18,19). The van der Waals surface area contributed by atoms with Gasteiger partial charge in [0.2, 0.25) is 5.95 Å². The Hall–Kier alpha value is -2.43. The molecule has 21 heavy (non-hydrogen) atoms. The van der Waals surface area contributed by atoms with E-state index in [1.807, 2.05) is 18.2 Å².